The van der Waals surface area contributed by atoms with E-state index < -0.39 is 0 Å². The van der Waals surface area contributed by atoms with Crippen molar-refractivity contribution in [2.24, 2.45) is 5.92 Å². The van der Waals surface area contributed by atoms with E-state index in [4.69, 9.17) is 13.9 Å². The van der Waals surface area contributed by atoms with Crippen LogP contribution in [0.5, 0.6) is 17.6 Å². The van der Waals surface area contributed by atoms with E-state index in [2.05, 4.69) is 24.1 Å². The molecule has 0 spiro atoms. The third-order valence-electron chi connectivity index (χ3n) is 2.91. The molecule has 5 heteroatoms. The SMILES string of the molecule is COc1cc(C)ccc1Oc1nc(CNCC(C)C)co1. The normalized spacial score (nSPS) is 10.9. The van der Waals surface area contributed by atoms with Crippen molar-refractivity contribution in [3.8, 4) is 17.6 Å². The number of nitrogens with zero attached hydrogens (tertiary/aromatic N) is 1. The lowest BCUT2D eigenvalue weighted by atomic mass is 10.2. The highest BCUT2D eigenvalue weighted by Gasteiger charge is 2.10. The Balaban J connectivity index is 1.99. The van der Waals surface area contributed by atoms with Gasteiger partial charge in [0.05, 0.1) is 12.8 Å². The Hall–Kier alpha value is -2.01. The Morgan fingerprint density at radius 2 is 2.10 bits per heavy atom. The van der Waals surface area contributed by atoms with Gasteiger partial charge in [-0.15, -0.1) is 0 Å². The number of benzene rings is 1. The Labute approximate surface area is 125 Å². The Morgan fingerprint density at radius 3 is 2.81 bits per heavy atom. The Bertz CT molecular complexity index is 579. The largest absolute Gasteiger partial charge is 0.493 e. The second kappa shape index (κ2) is 7.13. The van der Waals surface area contributed by atoms with Crippen molar-refractivity contribution in [1.29, 1.82) is 0 Å². The molecular formula is C16H22N2O3. The quantitative estimate of drug-likeness (QED) is 0.845. The molecule has 0 fully saturated rings. The second-order valence-corrected chi connectivity index (χ2v) is 5.39. The summed E-state index contributed by atoms with van der Waals surface area (Å²) in [6.45, 7) is 7.92. The van der Waals surface area contributed by atoms with Gasteiger partial charge >= 0.3 is 6.08 Å². The summed E-state index contributed by atoms with van der Waals surface area (Å²) < 4.78 is 16.2. The van der Waals surface area contributed by atoms with Crippen LogP contribution in [-0.4, -0.2) is 18.6 Å². The van der Waals surface area contributed by atoms with Gasteiger partial charge in [0.1, 0.15) is 6.26 Å². The molecule has 0 aliphatic rings. The highest BCUT2D eigenvalue weighted by Crippen LogP contribution is 2.31. The van der Waals surface area contributed by atoms with E-state index in [1.165, 1.54) is 0 Å². The molecule has 1 heterocycles. The zero-order valence-electron chi connectivity index (χ0n) is 13.0. The number of rotatable bonds is 7. The van der Waals surface area contributed by atoms with Crippen LogP contribution < -0.4 is 14.8 Å². The monoisotopic (exact) mass is 290 g/mol. The van der Waals surface area contributed by atoms with Gasteiger partial charge in [0.15, 0.2) is 11.5 Å². The van der Waals surface area contributed by atoms with Crippen molar-refractivity contribution >= 4 is 0 Å². The zero-order chi connectivity index (χ0) is 15.2. The van der Waals surface area contributed by atoms with E-state index in [0.29, 0.717) is 24.0 Å². The molecule has 1 N–H and O–H groups in total. The minimum absolute atomic E-state index is 0.221. The molecule has 21 heavy (non-hydrogen) atoms. The molecule has 2 aromatic rings. The van der Waals surface area contributed by atoms with E-state index >= 15 is 0 Å². The number of oxazole rings is 1. The van der Waals surface area contributed by atoms with Crippen LogP contribution in [0.4, 0.5) is 0 Å². The van der Waals surface area contributed by atoms with Gasteiger partial charge in [-0.25, -0.2) is 0 Å². The average Bonchev–Trinajstić information content (AvgIpc) is 2.88. The molecule has 2 rings (SSSR count). The van der Waals surface area contributed by atoms with E-state index in [0.717, 1.165) is 17.8 Å². The van der Waals surface area contributed by atoms with E-state index in [1.54, 1.807) is 13.4 Å². The van der Waals surface area contributed by atoms with Gasteiger partial charge in [0.25, 0.3) is 0 Å². The molecule has 0 aliphatic carbocycles. The van der Waals surface area contributed by atoms with Gasteiger partial charge < -0.3 is 19.2 Å². The third-order valence-corrected chi connectivity index (χ3v) is 2.91. The molecule has 0 amide bonds. The van der Waals surface area contributed by atoms with Gasteiger partial charge in [-0.05, 0) is 37.1 Å². The summed E-state index contributed by atoms with van der Waals surface area (Å²) in [5.41, 5.74) is 1.92. The lowest BCUT2D eigenvalue weighted by Crippen LogP contribution is -2.19. The first-order valence-corrected chi connectivity index (χ1v) is 7.06. The molecule has 0 atom stereocenters. The van der Waals surface area contributed by atoms with Crippen LogP contribution >= 0.6 is 0 Å². The van der Waals surface area contributed by atoms with E-state index in [9.17, 15) is 0 Å². The fraction of sp³-hybridized carbons (Fsp3) is 0.438. The molecule has 0 saturated carbocycles. The van der Waals surface area contributed by atoms with Crippen molar-refractivity contribution in [2.75, 3.05) is 13.7 Å². The highest BCUT2D eigenvalue weighted by molar-refractivity contribution is 5.43. The fourth-order valence-electron chi connectivity index (χ4n) is 1.86. The standard InChI is InChI=1S/C16H22N2O3/c1-11(2)8-17-9-13-10-20-16(18-13)21-14-6-5-12(3)7-15(14)19-4/h5-7,10-11,17H,8-9H2,1-4H3. The molecule has 0 unspecified atom stereocenters. The molecule has 5 nitrogen and oxygen atoms in total. The van der Waals surface area contributed by atoms with Gasteiger partial charge in [-0.2, -0.15) is 4.98 Å². The van der Waals surface area contributed by atoms with E-state index in [-0.39, 0.29) is 6.08 Å². The van der Waals surface area contributed by atoms with Crippen molar-refractivity contribution in [3.63, 3.8) is 0 Å². The molecule has 114 valence electrons. The van der Waals surface area contributed by atoms with Crippen LogP contribution in [0.25, 0.3) is 0 Å². The molecule has 0 bridgehead atoms. The maximum absolute atomic E-state index is 5.63. The summed E-state index contributed by atoms with van der Waals surface area (Å²) in [6.07, 6.45) is 1.82. The van der Waals surface area contributed by atoms with Gasteiger partial charge in [0.2, 0.25) is 0 Å². The summed E-state index contributed by atoms with van der Waals surface area (Å²) in [6, 6.07) is 5.70. The zero-order valence-corrected chi connectivity index (χ0v) is 13.0. The van der Waals surface area contributed by atoms with Gasteiger partial charge in [0, 0.05) is 6.54 Å². The minimum atomic E-state index is 0.221. The first-order valence-electron chi connectivity index (χ1n) is 7.06. The molecule has 0 radical (unpaired) electrons. The number of hydrogen-bond acceptors (Lipinski definition) is 5. The van der Waals surface area contributed by atoms with E-state index in [1.807, 2.05) is 25.1 Å². The van der Waals surface area contributed by atoms with Crippen molar-refractivity contribution in [2.45, 2.75) is 27.3 Å². The maximum atomic E-state index is 5.63. The van der Waals surface area contributed by atoms with Crippen LogP contribution in [0.2, 0.25) is 0 Å². The number of nitrogens with one attached hydrogen (secondary N) is 1. The van der Waals surface area contributed by atoms with Crippen LogP contribution in [0.1, 0.15) is 25.1 Å². The lowest BCUT2D eigenvalue weighted by molar-refractivity contribution is 0.310. The van der Waals surface area contributed by atoms with Gasteiger partial charge in [-0.1, -0.05) is 19.9 Å². The number of hydrogen-bond donors (Lipinski definition) is 1. The first-order chi connectivity index (χ1) is 10.1. The van der Waals surface area contributed by atoms with Crippen LogP contribution in [0.3, 0.4) is 0 Å². The number of aryl methyl sites for hydroxylation is 1. The predicted octanol–water partition coefficient (Wildman–Crippen LogP) is 3.53. The summed E-state index contributed by atoms with van der Waals surface area (Å²) in [7, 11) is 1.61. The first kappa shape index (κ1) is 15.4. The van der Waals surface area contributed by atoms with Crippen LogP contribution in [0, 0.1) is 12.8 Å². The summed E-state index contributed by atoms with van der Waals surface area (Å²) in [4.78, 5) is 4.29. The summed E-state index contributed by atoms with van der Waals surface area (Å²) in [5.74, 6) is 1.85. The Kier molecular flexibility index (Phi) is 5.22. The summed E-state index contributed by atoms with van der Waals surface area (Å²) in [5, 5.41) is 3.31. The van der Waals surface area contributed by atoms with Crippen LogP contribution in [0.15, 0.2) is 28.9 Å². The number of aromatic nitrogens is 1. The number of ether oxygens (including phenoxy) is 2. The predicted molar refractivity (Wildman–Crippen MR) is 80.9 cm³/mol. The Morgan fingerprint density at radius 1 is 1.29 bits per heavy atom. The molecule has 0 saturated heterocycles. The van der Waals surface area contributed by atoms with Crippen LogP contribution in [-0.2, 0) is 6.54 Å². The molecule has 0 aliphatic heterocycles. The van der Waals surface area contributed by atoms with Crippen molar-refractivity contribution in [3.05, 3.63) is 35.7 Å². The lowest BCUT2D eigenvalue weighted by Gasteiger charge is -2.07. The van der Waals surface area contributed by atoms with Crippen molar-refractivity contribution < 1.29 is 13.9 Å². The van der Waals surface area contributed by atoms with Crippen molar-refractivity contribution in [1.82, 2.24) is 10.3 Å². The summed E-state index contributed by atoms with van der Waals surface area (Å²) >= 11 is 0. The second-order valence-electron chi connectivity index (χ2n) is 5.39. The smallest absolute Gasteiger partial charge is 0.399 e. The molecular weight excluding hydrogens is 268 g/mol. The average molecular weight is 290 g/mol. The minimum Gasteiger partial charge on any atom is -0.493 e. The molecule has 1 aromatic heterocycles. The molecule has 1 aromatic carbocycles. The topological polar surface area (TPSA) is 56.5 Å². The third kappa shape index (κ3) is 4.49. The fourth-order valence-corrected chi connectivity index (χ4v) is 1.86. The number of methoxy groups -OCH3 is 1. The maximum Gasteiger partial charge on any atom is 0.399 e. The van der Waals surface area contributed by atoms with Gasteiger partial charge in [-0.3, -0.25) is 0 Å². The highest BCUT2D eigenvalue weighted by atomic mass is 16.6.